The maximum Gasteiger partial charge on any atom is 0.343 e. The third kappa shape index (κ3) is 2.31. The van der Waals surface area contributed by atoms with Crippen LogP contribution in [0, 0.1) is 0 Å². The molecule has 0 aliphatic carbocycles. The van der Waals surface area contributed by atoms with Crippen LogP contribution in [0.4, 0.5) is 0 Å². The second kappa shape index (κ2) is 5.10. The molecule has 2 aromatic heterocycles. The van der Waals surface area contributed by atoms with Crippen molar-refractivity contribution >= 4 is 17.7 Å². The van der Waals surface area contributed by atoms with Crippen molar-refractivity contribution in [1.82, 2.24) is 20.2 Å². The van der Waals surface area contributed by atoms with Gasteiger partial charge in [0.25, 0.3) is 0 Å². The highest BCUT2D eigenvalue weighted by molar-refractivity contribution is 7.98. The van der Waals surface area contributed by atoms with Crippen LogP contribution < -0.4 is 17.0 Å². The minimum atomic E-state index is -0.494. The topological polar surface area (TPSA) is 119 Å². The maximum atomic E-state index is 11.4. The van der Waals surface area contributed by atoms with Crippen LogP contribution in [0.3, 0.4) is 0 Å². The zero-order chi connectivity index (χ0) is 13.1. The molecule has 0 spiro atoms. The second-order valence-electron chi connectivity index (χ2n) is 3.41. The van der Waals surface area contributed by atoms with Crippen LogP contribution in [-0.4, -0.2) is 20.7 Å². The van der Waals surface area contributed by atoms with E-state index >= 15 is 0 Å². The molecule has 0 aliphatic heterocycles. The van der Waals surface area contributed by atoms with E-state index in [0.717, 1.165) is 0 Å². The number of nitrogen functional groups attached to an aromatic ring is 1. The van der Waals surface area contributed by atoms with E-state index in [1.54, 1.807) is 13.1 Å². The molecular weight excluding hydrogens is 258 g/mol. The molecule has 0 unspecified atom stereocenters. The number of H-pyrrole nitrogens is 1. The number of thioether (sulfide) groups is 1. The summed E-state index contributed by atoms with van der Waals surface area (Å²) in [5, 5.41) is 6.70. The van der Waals surface area contributed by atoms with Crippen LogP contribution in [0.15, 0.2) is 26.7 Å². The van der Waals surface area contributed by atoms with Gasteiger partial charge in [-0.15, -0.1) is 5.10 Å². The number of nitrogens with one attached hydrogen (secondary N) is 2. The maximum absolute atomic E-state index is 11.4. The van der Waals surface area contributed by atoms with Crippen molar-refractivity contribution in [3.05, 3.63) is 34.1 Å². The van der Waals surface area contributed by atoms with Crippen molar-refractivity contribution in [3.8, 4) is 0 Å². The lowest BCUT2D eigenvalue weighted by Crippen LogP contribution is -2.30. The Bertz CT molecular complexity index is 614. The van der Waals surface area contributed by atoms with Crippen LogP contribution in [-0.2, 0) is 12.8 Å². The second-order valence-corrected chi connectivity index (χ2v) is 4.35. The van der Waals surface area contributed by atoms with E-state index in [2.05, 4.69) is 10.2 Å². The number of amides is 1. The fourth-order valence-corrected chi connectivity index (χ4v) is 2.22. The third-order valence-electron chi connectivity index (χ3n) is 2.28. The molecule has 0 saturated carbocycles. The number of hydrazine groups is 1. The molecule has 0 aromatic carbocycles. The van der Waals surface area contributed by atoms with Crippen LogP contribution in [0.25, 0.3) is 0 Å². The molecule has 96 valence electrons. The molecule has 1 amide bonds. The normalized spacial score (nSPS) is 10.6. The fourth-order valence-electron chi connectivity index (χ4n) is 1.32. The highest BCUT2D eigenvalue weighted by Crippen LogP contribution is 2.22. The van der Waals surface area contributed by atoms with E-state index in [1.165, 1.54) is 22.6 Å². The lowest BCUT2D eigenvalue weighted by molar-refractivity contribution is 0.0925. The summed E-state index contributed by atoms with van der Waals surface area (Å²) in [6.45, 7) is 0. The van der Waals surface area contributed by atoms with Crippen molar-refractivity contribution in [2.45, 2.75) is 10.9 Å². The first-order valence-electron chi connectivity index (χ1n) is 4.95. The number of hydrogen-bond acceptors (Lipinski definition) is 6. The highest BCUT2D eigenvalue weighted by Gasteiger charge is 2.15. The molecule has 0 bridgehead atoms. The number of rotatable bonds is 4. The van der Waals surface area contributed by atoms with Crippen molar-refractivity contribution in [2.75, 3.05) is 0 Å². The molecule has 2 aromatic rings. The Morgan fingerprint density at radius 3 is 3.11 bits per heavy atom. The van der Waals surface area contributed by atoms with Crippen LogP contribution in [0.2, 0.25) is 0 Å². The molecule has 0 aliphatic rings. The van der Waals surface area contributed by atoms with Crippen molar-refractivity contribution in [1.29, 1.82) is 0 Å². The van der Waals surface area contributed by atoms with Gasteiger partial charge >= 0.3 is 11.6 Å². The number of aromatic amines is 1. The smallest absolute Gasteiger partial charge is 0.343 e. The Labute approximate surface area is 106 Å². The van der Waals surface area contributed by atoms with Crippen molar-refractivity contribution in [2.24, 2.45) is 12.9 Å². The standard InChI is InChI=1S/C9H11N5O3S/c1-14-8(16)12-13-9(14)18-4-5-2-3-17-6(5)7(15)11-10/h2-3H,4,10H2,1H3,(H,11,15)(H,12,16). The molecule has 0 radical (unpaired) electrons. The Morgan fingerprint density at radius 2 is 2.50 bits per heavy atom. The summed E-state index contributed by atoms with van der Waals surface area (Å²) in [5.41, 5.74) is 2.39. The van der Waals surface area contributed by atoms with Crippen molar-refractivity contribution < 1.29 is 9.21 Å². The number of carbonyl (C=O) groups is 1. The third-order valence-corrected chi connectivity index (χ3v) is 3.36. The quantitative estimate of drug-likeness (QED) is 0.301. The van der Waals surface area contributed by atoms with Gasteiger partial charge in [0.15, 0.2) is 10.9 Å². The molecule has 9 heteroatoms. The number of furan rings is 1. The first-order chi connectivity index (χ1) is 8.63. The molecular formula is C9H11N5O3S. The number of nitrogens with two attached hydrogens (primary N) is 1. The molecule has 4 N–H and O–H groups in total. The average Bonchev–Trinajstić information content (AvgIpc) is 2.95. The highest BCUT2D eigenvalue weighted by atomic mass is 32.2. The molecule has 2 rings (SSSR count). The predicted molar refractivity (Wildman–Crippen MR) is 63.8 cm³/mol. The number of carbonyl (C=O) groups excluding carboxylic acids is 1. The Hall–Kier alpha value is -2.00. The van der Waals surface area contributed by atoms with Gasteiger partial charge in [-0.3, -0.25) is 14.8 Å². The van der Waals surface area contributed by atoms with Crippen LogP contribution >= 0.6 is 11.8 Å². The van der Waals surface area contributed by atoms with Gasteiger partial charge in [0, 0.05) is 18.4 Å². The van der Waals surface area contributed by atoms with Gasteiger partial charge in [-0.2, -0.15) is 0 Å². The SMILES string of the molecule is Cn1c(SCc2ccoc2C(=O)NN)n[nH]c1=O. The van der Waals surface area contributed by atoms with Gasteiger partial charge in [0.1, 0.15) is 0 Å². The Morgan fingerprint density at radius 1 is 1.72 bits per heavy atom. The first-order valence-corrected chi connectivity index (χ1v) is 5.93. The van der Waals surface area contributed by atoms with E-state index in [1.807, 2.05) is 5.43 Å². The first kappa shape index (κ1) is 12.5. The summed E-state index contributed by atoms with van der Waals surface area (Å²) in [6, 6.07) is 1.67. The van der Waals surface area contributed by atoms with Gasteiger partial charge in [-0.05, 0) is 6.07 Å². The van der Waals surface area contributed by atoms with E-state index in [0.29, 0.717) is 16.5 Å². The summed E-state index contributed by atoms with van der Waals surface area (Å²) in [4.78, 5) is 22.5. The summed E-state index contributed by atoms with van der Waals surface area (Å²) < 4.78 is 6.42. The van der Waals surface area contributed by atoms with Gasteiger partial charge in [-0.25, -0.2) is 15.7 Å². The molecule has 2 heterocycles. The molecule has 18 heavy (non-hydrogen) atoms. The number of aromatic nitrogens is 3. The minimum Gasteiger partial charge on any atom is -0.459 e. The van der Waals surface area contributed by atoms with E-state index in [9.17, 15) is 9.59 Å². The van der Waals surface area contributed by atoms with E-state index < -0.39 is 5.91 Å². The predicted octanol–water partition coefficient (Wildman–Crippen LogP) is -0.403. The van der Waals surface area contributed by atoms with Crippen LogP contribution in [0.5, 0.6) is 0 Å². The molecule has 0 atom stereocenters. The van der Waals surface area contributed by atoms with Crippen molar-refractivity contribution in [3.63, 3.8) is 0 Å². The minimum absolute atomic E-state index is 0.158. The van der Waals surface area contributed by atoms with Gasteiger partial charge in [-0.1, -0.05) is 11.8 Å². The largest absolute Gasteiger partial charge is 0.459 e. The Balaban J connectivity index is 2.11. The molecule has 0 fully saturated rings. The summed E-state index contributed by atoms with van der Waals surface area (Å²) in [7, 11) is 1.61. The van der Waals surface area contributed by atoms with E-state index in [4.69, 9.17) is 10.3 Å². The van der Waals surface area contributed by atoms with Gasteiger partial charge < -0.3 is 4.42 Å². The summed E-state index contributed by atoms with van der Waals surface area (Å²) in [6.07, 6.45) is 1.41. The van der Waals surface area contributed by atoms with Gasteiger partial charge in [0.2, 0.25) is 0 Å². The monoisotopic (exact) mass is 269 g/mol. The van der Waals surface area contributed by atoms with Gasteiger partial charge in [0.05, 0.1) is 6.26 Å². The summed E-state index contributed by atoms with van der Waals surface area (Å²) in [5.74, 6) is 5.14. The average molecular weight is 269 g/mol. The lowest BCUT2D eigenvalue weighted by Gasteiger charge is -2.01. The zero-order valence-electron chi connectivity index (χ0n) is 9.47. The Kier molecular flexibility index (Phi) is 3.53. The lowest BCUT2D eigenvalue weighted by atomic mass is 10.3. The number of nitrogens with zero attached hydrogens (tertiary/aromatic N) is 2. The van der Waals surface area contributed by atoms with Crippen LogP contribution in [0.1, 0.15) is 16.1 Å². The molecule has 0 saturated heterocycles. The fraction of sp³-hybridized carbons (Fsp3) is 0.222. The molecule has 8 nitrogen and oxygen atoms in total. The van der Waals surface area contributed by atoms with E-state index in [-0.39, 0.29) is 11.4 Å². The summed E-state index contributed by atoms with van der Waals surface area (Å²) >= 11 is 1.31. The zero-order valence-corrected chi connectivity index (χ0v) is 10.3. The number of hydrogen-bond donors (Lipinski definition) is 3.